The Balaban J connectivity index is 1.81. The third-order valence-electron chi connectivity index (χ3n) is 4.38. The zero-order chi connectivity index (χ0) is 16.2. The number of cyclic esters (lactones) is 1. The summed E-state index contributed by atoms with van der Waals surface area (Å²) in [5, 5.41) is 1.02. The van der Waals surface area contributed by atoms with E-state index in [9.17, 15) is 4.79 Å². The maximum atomic E-state index is 12.1. The molecule has 128 valence electrons. The van der Waals surface area contributed by atoms with Gasteiger partial charge < -0.3 is 0 Å². The Morgan fingerprint density at radius 3 is 2.17 bits per heavy atom. The van der Waals surface area contributed by atoms with Crippen molar-refractivity contribution < 1.29 is 9.53 Å². The molecular weight excluding hydrogens is 351 g/mol. The Kier molecular flexibility index (Phi) is 9.43. The van der Waals surface area contributed by atoms with Crippen LogP contribution in [0.25, 0.3) is 0 Å². The molecule has 0 aliphatic carbocycles. The molecule has 1 unspecified atom stereocenters. The van der Waals surface area contributed by atoms with Crippen molar-refractivity contribution in [1.82, 2.24) is 0 Å². The summed E-state index contributed by atoms with van der Waals surface area (Å²) in [6.07, 6.45) is 13.1. The van der Waals surface area contributed by atoms with E-state index < -0.39 is 0 Å². The molecule has 0 radical (unpaired) electrons. The Labute approximate surface area is 147 Å². The van der Waals surface area contributed by atoms with Crippen LogP contribution in [-0.2, 0) is 9.53 Å². The topological polar surface area (TPSA) is 26.3 Å². The van der Waals surface area contributed by atoms with Gasteiger partial charge in [0.05, 0.1) is 0 Å². The summed E-state index contributed by atoms with van der Waals surface area (Å²) in [5.74, 6) is 0.0240. The molecule has 1 atom stereocenters. The second-order valence-corrected chi connectivity index (χ2v) is 8.75. The first-order chi connectivity index (χ1) is 11.3. The summed E-state index contributed by atoms with van der Waals surface area (Å²) in [7, 11) is 0. The van der Waals surface area contributed by atoms with Crippen LogP contribution in [0, 0.1) is 0 Å². The number of esters is 1. The molecule has 0 saturated carbocycles. The summed E-state index contributed by atoms with van der Waals surface area (Å²) in [6.45, 7) is 0. The number of hydrogen-bond donors (Lipinski definition) is 0. The molecule has 23 heavy (non-hydrogen) atoms. The van der Waals surface area contributed by atoms with Gasteiger partial charge in [-0.2, -0.15) is 0 Å². The molecule has 3 heteroatoms. The van der Waals surface area contributed by atoms with Gasteiger partial charge in [-0.15, -0.1) is 0 Å². The second kappa shape index (κ2) is 11.7. The third kappa shape index (κ3) is 8.58. The Morgan fingerprint density at radius 2 is 1.48 bits per heavy atom. The van der Waals surface area contributed by atoms with Crippen LogP contribution in [0.4, 0.5) is 0 Å². The number of hydrogen-bond acceptors (Lipinski definition) is 2. The monoisotopic (exact) mass is 382 g/mol. The van der Waals surface area contributed by atoms with Gasteiger partial charge in [0.25, 0.3) is 0 Å². The predicted octanol–water partition coefficient (Wildman–Crippen LogP) is 4.65. The van der Waals surface area contributed by atoms with Crippen molar-refractivity contribution in [2.24, 2.45) is 0 Å². The summed E-state index contributed by atoms with van der Waals surface area (Å²) >= 11 is 0.400. The summed E-state index contributed by atoms with van der Waals surface area (Å²) in [6, 6.07) is 10.6. The van der Waals surface area contributed by atoms with E-state index >= 15 is 0 Å². The fourth-order valence-electron chi connectivity index (χ4n) is 3.01. The minimum absolute atomic E-state index is 0.0240. The Hall–Kier alpha value is -0.791. The van der Waals surface area contributed by atoms with Crippen molar-refractivity contribution in [2.45, 2.75) is 82.1 Å². The van der Waals surface area contributed by atoms with Crippen molar-refractivity contribution in [3.63, 3.8) is 0 Å². The molecule has 1 heterocycles. The van der Waals surface area contributed by atoms with E-state index in [0.29, 0.717) is 21.4 Å². The quantitative estimate of drug-likeness (QED) is 0.563. The SMILES string of the molecule is O=C1CCCCCCCCCCCC(C[Se]c2ccccc2)O1. The van der Waals surface area contributed by atoms with Crippen LogP contribution < -0.4 is 4.46 Å². The van der Waals surface area contributed by atoms with E-state index in [4.69, 9.17) is 4.74 Å². The summed E-state index contributed by atoms with van der Waals surface area (Å²) in [5.41, 5.74) is 0. The average Bonchev–Trinajstić information content (AvgIpc) is 2.57. The van der Waals surface area contributed by atoms with Gasteiger partial charge in [0.15, 0.2) is 0 Å². The molecule has 2 nitrogen and oxygen atoms in total. The van der Waals surface area contributed by atoms with Crippen LogP contribution in [-0.4, -0.2) is 27.0 Å². The third-order valence-corrected chi connectivity index (χ3v) is 6.78. The Bertz CT molecular complexity index is 433. The molecule has 1 aliphatic rings. The van der Waals surface area contributed by atoms with Crippen molar-refractivity contribution in [1.29, 1.82) is 0 Å². The standard InChI is InChI=1S/C20H30O2Se/c21-20-16-12-7-5-3-1-2-4-6-9-13-18(22-20)17-23-19-14-10-8-11-15-19/h8,10-11,14-15,18H,1-7,9,12-13,16-17H2. The first kappa shape index (κ1) is 18.5. The zero-order valence-electron chi connectivity index (χ0n) is 14.2. The van der Waals surface area contributed by atoms with Gasteiger partial charge in [0.1, 0.15) is 0 Å². The first-order valence-electron chi connectivity index (χ1n) is 9.22. The molecule has 1 saturated heterocycles. The Morgan fingerprint density at radius 1 is 0.870 bits per heavy atom. The van der Waals surface area contributed by atoms with E-state index in [0.717, 1.165) is 18.2 Å². The molecule has 0 bridgehead atoms. The molecule has 1 fully saturated rings. The van der Waals surface area contributed by atoms with Crippen molar-refractivity contribution in [3.05, 3.63) is 30.3 Å². The fraction of sp³-hybridized carbons (Fsp3) is 0.650. The molecule has 1 aromatic carbocycles. The fourth-order valence-corrected chi connectivity index (χ4v) is 5.03. The maximum absolute atomic E-state index is 12.1. The number of rotatable bonds is 3. The van der Waals surface area contributed by atoms with Gasteiger partial charge in [-0.1, -0.05) is 0 Å². The van der Waals surface area contributed by atoms with E-state index in [2.05, 4.69) is 30.3 Å². The van der Waals surface area contributed by atoms with Gasteiger partial charge >= 0.3 is 147 Å². The van der Waals surface area contributed by atoms with Crippen molar-refractivity contribution >= 4 is 25.4 Å². The minimum atomic E-state index is 0.0240. The second-order valence-electron chi connectivity index (χ2n) is 6.46. The molecule has 0 aromatic heterocycles. The normalized spacial score (nSPS) is 22.1. The van der Waals surface area contributed by atoms with Gasteiger partial charge in [-0.05, 0) is 0 Å². The zero-order valence-corrected chi connectivity index (χ0v) is 15.9. The molecule has 1 aromatic rings. The summed E-state index contributed by atoms with van der Waals surface area (Å²) in [4.78, 5) is 12.1. The van der Waals surface area contributed by atoms with Crippen LogP contribution in [0.2, 0.25) is 5.32 Å². The molecule has 2 rings (SSSR count). The van der Waals surface area contributed by atoms with Crippen molar-refractivity contribution in [2.75, 3.05) is 0 Å². The average molecular weight is 381 g/mol. The van der Waals surface area contributed by atoms with E-state index in [1.54, 1.807) is 0 Å². The van der Waals surface area contributed by atoms with Crippen LogP contribution in [0.3, 0.4) is 0 Å². The number of carbonyl (C=O) groups is 1. The van der Waals surface area contributed by atoms with Crippen LogP contribution in [0.1, 0.15) is 70.6 Å². The predicted molar refractivity (Wildman–Crippen MR) is 97.3 cm³/mol. The number of carbonyl (C=O) groups excluding carboxylic acids is 1. The van der Waals surface area contributed by atoms with E-state index in [1.165, 1.54) is 55.8 Å². The van der Waals surface area contributed by atoms with Crippen molar-refractivity contribution in [3.8, 4) is 0 Å². The van der Waals surface area contributed by atoms with Gasteiger partial charge in [0.2, 0.25) is 0 Å². The first-order valence-corrected chi connectivity index (χ1v) is 11.3. The molecule has 0 N–H and O–H groups in total. The van der Waals surface area contributed by atoms with Gasteiger partial charge in [-0.3, -0.25) is 0 Å². The molecule has 0 amide bonds. The van der Waals surface area contributed by atoms with Crippen LogP contribution in [0.5, 0.6) is 0 Å². The molecule has 0 spiro atoms. The van der Waals surface area contributed by atoms with Gasteiger partial charge in [-0.25, -0.2) is 0 Å². The van der Waals surface area contributed by atoms with Crippen LogP contribution >= 0.6 is 0 Å². The van der Waals surface area contributed by atoms with Crippen LogP contribution in [0.15, 0.2) is 30.3 Å². The van der Waals surface area contributed by atoms with E-state index in [1.807, 2.05) is 0 Å². The molecule has 1 aliphatic heterocycles. The number of benzene rings is 1. The van der Waals surface area contributed by atoms with E-state index in [-0.39, 0.29) is 12.1 Å². The molecular formula is C20H30O2Se. The number of ether oxygens (including phenoxy) is 1. The summed E-state index contributed by atoms with van der Waals surface area (Å²) < 4.78 is 7.19. The van der Waals surface area contributed by atoms with Gasteiger partial charge in [0, 0.05) is 0 Å².